The first-order valence-electron chi connectivity index (χ1n) is 3.47. The molecule has 0 aliphatic carbocycles. The van der Waals surface area contributed by atoms with Gasteiger partial charge in [-0.2, -0.15) is 0 Å². The Morgan fingerprint density at radius 1 is 1.58 bits per heavy atom. The van der Waals surface area contributed by atoms with E-state index in [9.17, 15) is 4.57 Å². The van der Waals surface area contributed by atoms with E-state index in [0.717, 1.165) is 0 Å². The lowest BCUT2D eigenvalue weighted by Crippen LogP contribution is -2.19. The molecule has 6 nitrogen and oxygen atoms in total. The van der Waals surface area contributed by atoms with Gasteiger partial charge in [0.25, 0.3) is 0 Å². The SMILES string of the molecule is NCCOP(=O)(O)CC(O)CO. The monoisotopic (exact) mass is 199 g/mol. The normalized spacial score (nSPS) is 18.7. The molecule has 2 unspecified atom stereocenters. The molecule has 0 aliphatic rings. The van der Waals surface area contributed by atoms with Crippen LogP contribution in [-0.4, -0.2) is 47.1 Å². The number of nitrogens with two attached hydrogens (primary N) is 1. The standard InChI is InChI=1S/C5H14NO5P/c6-1-2-11-12(9,10)4-5(8)3-7/h5,7-8H,1-4,6H2,(H,9,10). The number of aliphatic hydroxyl groups is 2. The first-order valence-corrected chi connectivity index (χ1v) is 5.23. The first kappa shape index (κ1) is 12.0. The van der Waals surface area contributed by atoms with Crippen LogP contribution in [-0.2, 0) is 9.09 Å². The Morgan fingerprint density at radius 2 is 2.17 bits per heavy atom. The molecular weight excluding hydrogens is 185 g/mol. The third-order valence-electron chi connectivity index (χ3n) is 1.06. The summed E-state index contributed by atoms with van der Waals surface area (Å²) < 4.78 is 15.4. The molecule has 0 aliphatic heterocycles. The highest BCUT2D eigenvalue weighted by Gasteiger charge is 2.23. The van der Waals surface area contributed by atoms with Crippen molar-refractivity contribution in [3.63, 3.8) is 0 Å². The van der Waals surface area contributed by atoms with Gasteiger partial charge >= 0.3 is 7.60 Å². The van der Waals surface area contributed by atoms with Crippen LogP contribution in [0.25, 0.3) is 0 Å². The molecule has 0 aromatic carbocycles. The predicted octanol–water partition coefficient (Wildman–Crippen LogP) is -1.50. The number of aliphatic hydroxyl groups excluding tert-OH is 2. The van der Waals surface area contributed by atoms with E-state index in [2.05, 4.69) is 4.52 Å². The van der Waals surface area contributed by atoms with Crippen molar-refractivity contribution in [2.75, 3.05) is 25.9 Å². The second-order valence-electron chi connectivity index (χ2n) is 2.28. The predicted molar refractivity (Wildman–Crippen MR) is 42.8 cm³/mol. The van der Waals surface area contributed by atoms with E-state index in [1.165, 1.54) is 0 Å². The van der Waals surface area contributed by atoms with Gasteiger partial charge < -0.3 is 25.4 Å². The molecule has 7 heteroatoms. The molecule has 0 radical (unpaired) electrons. The minimum Gasteiger partial charge on any atom is -0.394 e. The molecular formula is C5H14NO5P. The Labute approximate surface area is 70.5 Å². The second kappa shape index (κ2) is 5.64. The quantitative estimate of drug-likeness (QED) is 0.387. The van der Waals surface area contributed by atoms with E-state index >= 15 is 0 Å². The Hall–Kier alpha value is 0.0300. The van der Waals surface area contributed by atoms with E-state index in [0.29, 0.717) is 0 Å². The van der Waals surface area contributed by atoms with Gasteiger partial charge in [-0.1, -0.05) is 0 Å². The van der Waals surface area contributed by atoms with Crippen LogP contribution in [0, 0.1) is 0 Å². The van der Waals surface area contributed by atoms with Crippen LogP contribution in [0.4, 0.5) is 0 Å². The highest BCUT2D eigenvalue weighted by molar-refractivity contribution is 7.52. The molecule has 74 valence electrons. The van der Waals surface area contributed by atoms with Gasteiger partial charge in [0.15, 0.2) is 0 Å². The molecule has 0 saturated heterocycles. The lowest BCUT2D eigenvalue weighted by atomic mass is 10.4. The lowest BCUT2D eigenvalue weighted by molar-refractivity contribution is 0.105. The van der Waals surface area contributed by atoms with E-state index in [4.69, 9.17) is 20.8 Å². The zero-order valence-electron chi connectivity index (χ0n) is 6.59. The maximum atomic E-state index is 10.9. The van der Waals surface area contributed by atoms with Crippen molar-refractivity contribution in [1.29, 1.82) is 0 Å². The molecule has 2 atom stereocenters. The number of hydrogen-bond acceptors (Lipinski definition) is 5. The van der Waals surface area contributed by atoms with Crippen molar-refractivity contribution in [3.8, 4) is 0 Å². The Kier molecular flexibility index (Phi) is 5.65. The zero-order chi connectivity index (χ0) is 9.61. The summed E-state index contributed by atoms with van der Waals surface area (Å²) in [6.45, 7) is -0.456. The van der Waals surface area contributed by atoms with E-state index < -0.39 is 26.5 Å². The fourth-order valence-electron chi connectivity index (χ4n) is 0.572. The Balaban J connectivity index is 3.78. The average molecular weight is 199 g/mol. The smallest absolute Gasteiger partial charge is 0.330 e. The largest absolute Gasteiger partial charge is 0.394 e. The van der Waals surface area contributed by atoms with E-state index in [1.54, 1.807) is 0 Å². The van der Waals surface area contributed by atoms with Gasteiger partial charge in [0, 0.05) is 6.54 Å². The Morgan fingerprint density at radius 3 is 2.58 bits per heavy atom. The molecule has 0 amide bonds. The summed E-state index contributed by atoms with van der Waals surface area (Å²) in [6.07, 6.45) is -1.69. The Bertz CT molecular complexity index is 164. The maximum Gasteiger partial charge on any atom is 0.330 e. The van der Waals surface area contributed by atoms with Gasteiger partial charge in [0.1, 0.15) is 0 Å². The van der Waals surface area contributed by atoms with Crippen molar-refractivity contribution in [2.24, 2.45) is 5.73 Å². The summed E-state index contributed by atoms with van der Waals surface area (Å²) in [6, 6.07) is 0. The summed E-state index contributed by atoms with van der Waals surface area (Å²) in [5, 5.41) is 17.2. The fraction of sp³-hybridized carbons (Fsp3) is 1.00. The summed E-state index contributed by atoms with van der Waals surface area (Å²) in [4.78, 5) is 8.95. The van der Waals surface area contributed by atoms with Crippen LogP contribution < -0.4 is 5.73 Å². The minimum absolute atomic E-state index is 0.0358. The van der Waals surface area contributed by atoms with E-state index in [-0.39, 0.29) is 13.2 Å². The maximum absolute atomic E-state index is 10.9. The van der Waals surface area contributed by atoms with Gasteiger partial charge in [0.05, 0.1) is 25.5 Å². The van der Waals surface area contributed by atoms with Crippen molar-refractivity contribution >= 4 is 7.60 Å². The molecule has 0 heterocycles. The summed E-state index contributed by atoms with van der Waals surface area (Å²) >= 11 is 0. The van der Waals surface area contributed by atoms with Gasteiger partial charge in [0.2, 0.25) is 0 Å². The highest BCUT2D eigenvalue weighted by atomic mass is 31.2. The van der Waals surface area contributed by atoms with Gasteiger partial charge in [-0.05, 0) is 0 Å². The summed E-state index contributed by atoms with van der Waals surface area (Å²) in [5.74, 6) is 0. The van der Waals surface area contributed by atoms with Crippen LogP contribution in [0.2, 0.25) is 0 Å². The van der Waals surface area contributed by atoms with Crippen LogP contribution in [0.15, 0.2) is 0 Å². The van der Waals surface area contributed by atoms with Crippen molar-refractivity contribution in [3.05, 3.63) is 0 Å². The highest BCUT2D eigenvalue weighted by Crippen LogP contribution is 2.41. The lowest BCUT2D eigenvalue weighted by Gasteiger charge is -2.13. The van der Waals surface area contributed by atoms with Crippen LogP contribution in [0.1, 0.15) is 0 Å². The summed E-state index contributed by atoms with van der Waals surface area (Å²) in [5.41, 5.74) is 5.03. The third kappa shape index (κ3) is 5.65. The van der Waals surface area contributed by atoms with Crippen molar-refractivity contribution in [2.45, 2.75) is 6.10 Å². The molecule has 0 spiro atoms. The zero-order valence-corrected chi connectivity index (χ0v) is 7.48. The van der Waals surface area contributed by atoms with Gasteiger partial charge in [-0.25, -0.2) is 0 Å². The van der Waals surface area contributed by atoms with Crippen LogP contribution in [0.3, 0.4) is 0 Å². The molecule has 0 fully saturated rings. The average Bonchev–Trinajstić information content (AvgIpc) is 2.00. The van der Waals surface area contributed by atoms with Crippen LogP contribution >= 0.6 is 7.60 Å². The topological polar surface area (TPSA) is 113 Å². The number of rotatable bonds is 6. The van der Waals surface area contributed by atoms with Gasteiger partial charge in [-0.15, -0.1) is 0 Å². The van der Waals surface area contributed by atoms with Crippen molar-refractivity contribution < 1.29 is 24.2 Å². The van der Waals surface area contributed by atoms with Crippen LogP contribution in [0.5, 0.6) is 0 Å². The molecule has 0 bridgehead atoms. The number of hydrogen-bond donors (Lipinski definition) is 4. The summed E-state index contributed by atoms with van der Waals surface area (Å²) in [7, 11) is -3.77. The second-order valence-corrected chi connectivity index (χ2v) is 4.18. The first-order chi connectivity index (χ1) is 5.52. The molecule has 0 rings (SSSR count). The van der Waals surface area contributed by atoms with E-state index in [1.807, 2.05) is 0 Å². The molecule has 12 heavy (non-hydrogen) atoms. The molecule has 5 N–H and O–H groups in total. The minimum atomic E-state index is -3.77. The van der Waals surface area contributed by atoms with Crippen molar-refractivity contribution in [1.82, 2.24) is 0 Å². The molecule has 0 aromatic rings. The molecule has 0 aromatic heterocycles. The third-order valence-corrected chi connectivity index (χ3v) is 2.53. The fourth-order valence-corrected chi connectivity index (χ4v) is 1.72. The van der Waals surface area contributed by atoms with Gasteiger partial charge in [-0.3, -0.25) is 4.57 Å². The molecule has 0 saturated carbocycles.